The number of aromatic hydroxyl groups is 1. The lowest BCUT2D eigenvalue weighted by Gasteiger charge is -2.56. The van der Waals surface area contributed by atoms with Crippen LogP contribution in [0.4, 0.5) is 0 Å². The molecule has 2 heterocycles. The molecule has 4 fully saturated rings. The fraction of sp³-hybridized carbons (Fsp3) is 0.476. The number of aromatic nitrogens is 1. The van der Waals surface area contributed by atoms with Gasteiger partial charge in [-0.2, -0.15) is 0 Å². The molecule has 4 aliphatic carbocycles. The highest BCUT2D eigenvalue weighted by atomic mass is 32.1. The first-order chi connectivity index (χ1) is 12.2. The van der Waals surface area contributed by atoms with Crippen LogP contribution < -0.4 is 0 Å². The van der Waals surface area contributed by atoms with Crippen LogP contribution in [0.5, 0.6) is 5.75 Å². The molecule has 0 atom stereocenters. The summed E-state index contributed by atoms with van der Waals surface area (Å²) in [5.41, 5.74) is 2.46. The second kappa shape index (κ2) is 4.88. The molecule has 128 valence electrons. The Labute approximate surface area is 150 Å². The fourth-order valence-corrected chi connectivity index (χ4v) is 7.08. The van der Waals surface area contributed by atoms with Gasteiger partial charge in [0, 0.05) is 16.2 Å². The summed E-state index contributed by atoms with van der Waals surface area (Å²) < 4.78 is 5.98. The van der Waals surface area contributed by atoms with Crippen molar-refractivity contribution >= 4 is 22.3 Å². The largest absolute Gasteiger partial charge is 0.508 e. The second-order valence-electron chi connectivity index (χ2n) is 8.57. The lowest BCUT2D eigenvalue weighted by atomic mass is 9.49. The molecule has 7 rings (SSSR count). The number of hydrogen-bond acceptors (Lipinski definition) is 4. The quantitative estimate of drug-likeness (QED) is 0.641. The van der Waals surface area contributed by atoms with Crippen molar-refractivity contribution in [3.05, 3.63) is 35.3 Å². The van der Waals surface area contributed by atoms with E-state index in [1.165, 1.54) is 44.2 Å². The molecule has 0 spiro atoms. The van der Waals surface area contributed by atoms with Crippen molar-refractivity contribution in [2.45, 2.75) is 43.9 Å². The summed E-state index contributed by atoms with van der Waals surface area (Å²) in [6, 6.07) is 7.23. The van der Waals surface area contributed by atoms with Gasteiger partial charge in [-0.25, -0.2) is 4.98 Å². The Morgan fingerprint density at radius 3 is 2.48 bits per heavy atom. The third-order valence-electron chi connectivity index (χ3n) is 6.80. The zero-order valence-corrected chi connectivity index (χ0v) is 14.9. The lowest BCUT2D eigenvalue weighted by Crippen LogP contribution is -2.48. The molecule has 4 heteroatoms. The van der Waals surface area contributed by atoms with E-state index in [9.17, 15) is 5.11 Å². The number of hydrogen-bond donors (Lipinski definition) is 1. The maximum absolute atomic E-state index is 9.66. The van der Waals surface area contributed by atoms with E-state index in [2.05, 4.69) is 5.38 Å². The van der Waals surface area contributed by atoms with Gasteiger partial charge in [0.25, 0.3) is 0 Å². The van der Waals surface area contributed by atoms with Crippen molar-refractivity contribution < 1.29 is 9.52 Å². The SMILES string of the molecule is Oc1ccc2oc(-c3nc(C45CC6CC(CC(C6)C4)C5)cs3)cc2c1. The molecular weight excluding hydrogens is 330 g/mol. The van der Waals surface area contributed by atoms with Crippen LogP contribution in [0.15, 0.2) is 34.1 Å². The van der Waals surface area contributed by atoms with Gasteiger partial charge < -0.3 is 9.52 Å². The van der Waals surface area contributed by atoms with Gasteiger partial charge in [-0.15, -0.1) is 11.3 Å². The highest BCUT2D eigenvalue weighted by Crippen LogP contribution is 2.60. The standard InChI is InChI=1S/C21H21NO2S/c23-16-1-2-17-15(6-16)7-18(24-17)20-22-19(11-25-20)21-8-12-3-13(9-21)5-14(4-12)10-21/h1-2,6-7,11-14,23H,3-5,8-10H2. The summed E-state index contributed by atoms with van der Waals surface area (Å²) >= 11 is 1.70. The minimum atomic E-state index is 0.272. The smallest absolute Gasteiger partial charge is 0.164 e. The van der Waals surface area contributed by atoms with Gasteiger partial charge in [-0.3, -0.25) is 0 Å². The number of thiazole rings is 1. The molecule has 25 heavy (non-hydrogen) atoms. The monoisotopic (exact) mass is 351 g/mol. The maximum Gasteiger partial charge on any atom is 0.164 e. The highest BCUT2D eigenvalue weighted by Gasteiger charge is 2.52. The Kier molecular flexibility index (Phi) is 2.80. The molecule has 1 aromatic carbocycles. The molecule has 2 aromatic heterocycles. The minimum absolute atomic E-state index is 0.272. The van der Waals surface area contributed by atoms with Gasteiger partial charge in [-0.05, 0) is 80.5 Å². The Morgan fingerprint density at radius 1 is 1.04 bits per heavy atom. The summed E-state index contributed by atoms with van der Waals surface area (Å²) in [7, 11) is 0. The van der Waals surface area contributed by atoms with Crippen LogP contribution in [0.3, 0.4) is 0 Å². The second-order valence-corrected chi connectivity index (χ2v) is 9.43. The summed E-state index contributed by atoms with van der Waals surface area (Å²) in [5.74, 6) is 3.90. The molecule has 3 nitrogen and oxygen atoms in total. The molecule has 0 aliphatic heterocycles. The zero-order valence-electron chi connectivity index (χ0n) is 14.1. The van der Waals surface area contributed by atoms with E-state index in [-0.39, 0.29) is 5.75 Å². The molecule has 0 saturated heterocycles. The van der Waals surface area contributed by atoms with Crippen LogP contribution in [0, 0.1) is 17.8 Å². The first-order valence-electron chi connectivity index (χ1n) is 9.36. The van der Waals surface area contributed by atoms with E-state index in [1.807, 2.05) is 12.1 Å². The summed E-state index contributed by atoms with van der Waals surface area (Å²) in [5, 5.41) is 13.8. The average Bonchev–Trinajstić information content (AvgIpc) is 3.20. The zero-order chi connectivity index (χ0) is 16.6. The third-order valence-corrected chi connectivity index (χ3v) is 7.65. The van der Waals surface area contributed by atoms with Crippen LogP contribution in [-0.2, 0) is 5.41 Å². The first kappa shape index (κ1) is 14.4. The summed E-state index contributed by atoms with van der Waals surface area (Å²) in [4.78, 5) is 5.05. The van der Waals surface area contributed by atoms with E-state index in [1.54, 1.807) is 23.5 Å². The normalized spacial score (nSPS) is 33.4. The van der Waals surface area contributed by atoms with Crippen molar-refractivity contribution in [2.24, 2.45) is 17.8 Å². The Hall–Kier alpha value is -1.81. The van der Waals surface area contributed by atoms with Gasteiger partial charge in [0.2, 0.25) is 0 Å². The fourth-order valence-electron chi connectivity index (χ4n) is 6.19. The molecule has 1 N–H and O–H groups in total. The topological polar surface area (TPSA) is 46.3 Å². The molecule has 0 radical (unpaired) electrons. The molecule has 0 amide bonds. The van der Waals surface area contributed by atoms with E-state index in [0.29, 0.717) is 5.41 Å². The Bertz CT molecular complexity index is 934. The van der Waals surface area contributed by atoms with Gasteiger partial charge in [-0.1, -0.05) is 0 Å². The van der Waals surface area contributed by atoms with Gasteiger partial charge >= 0.3 is 0 Å². The molecule has 4 bridgehead atoms. The molecule has 4 saturated carbocycles. The predicted molar refractivity (Wildman–Crippen MR) is 98.8 cm³/mol. The Morgan fingerprint density at radius 2 is 1.76 bits per heavy atom. The summed E-state index contributed by atoms with van der Waals surface area (Å²) in [6.45, 7) is 0. The van der Waals surface area contributed by atoms with Gasteiger partial charge in [0.15, 0.2) is 10.8 Å². The Balaban J connectivity index is 1.39. The highest BCUT2D eigenvalue weighted by molar-refractivity contribution is 7.13. The van der Waals surface area contributed by atoms with Crippen molar-refractivity contribution in [2.75, 3.05) is 0 Å². The molecule has 4 aliphatic rings. The van der Waals surface area contributed by atoms with Gasteiger partial charge in [0.05, 0.1) is 5.69 Å². The van der Waals surface area contributed by atoms with Gasteiger partial charge in [0.1, 0.15) is 11.3 Å². The maximum atomic E-state index is 9.66. The summed E-state index contributed by atoms with van der Waals surface area (Å²) in [6.07, 6.45) is 8.42. The number of nitrogens with zero attached hydrogens (tertiary/aromatic N) is 1. The first-order valence-corrected chi connectivity index (χ1v) is 10.2. The molecule has 0 unspecified atom stereocenters. The van der Waals surface area contributed by atoms with E-state index >= 15 is 0 Å². The van der Waals surface area contributed by atoms with Crippen molar-refractivity contribution in [1.29, 1.82) is 0 Å². The number of rotatable bonds is 2. The number of benzene rings is 1. The molecular formula is C21H21NO2S. The van der Waals surface area contributed by atoms with Crippen molar-refractivity contribution in [1.82, 2.24) is 4.98 Å². The van der Waals surface area contributed by atoms with E-state index < -0.39 is 0 Å². The predicted octanol–water partition coefficient (Wildman–Crippen LogP) is 5.73. The van der Waals surface area contributed by atoms with Crippen LogP contribution in [-0.4, -0.2) is 10.1 Å². The van der Waals surface area contributed by atoms with Crippen molar-refractivity contribution in [3.8, 4) is 16.5 Å². The lowest BCUT2D eigenvalue weighted by molar-refractivity contribution is -0.00689. The van der Waals surface area contributed by atoms with Crippen molar-refractivity contribution in [3.63, 3.8) is 0 Å². The third kappa shape index (κ3) is 2.13. The van der Waals surface area contributed by atoms with Crippen LogP contribution in [0.2, 0.25) is 0 Å². The van der Waals surface area contributed by atoms with Crippen LogP contribution in [0.1, 0.15) is 44.2 Å². The number of fused-ring (bicyclic) bond motifs is 1. The van der Waals surface area contributed by atoms with Crippen LogP contribution >= 0.6 is 11.3 Å². The van der Waals surface area contributed by atoms with E-state index in [4.69, 9.17) is 9.40 Å². The number of phenols is 1. The average molecular weight is 351 g/mol. The number of phenolic OH excluding ortho intramolecular Hbond substituents is 1. The van der Waals surface area contributed by atoms with Crippen LogP contribution in [0.25, 0.3) is 21.7 Å². The minimum Gasteiger partial charge on any atom is -0.508 e. The number of furan rings is 1. The molecule has 3 aromatic rings. The van der Waals surface area contributed by atoms with E-state index in [0.717, 1.165) is 39.5 Å².